The highest BCUT2D eigenvalue weighted by Gasteiger charge is 2.17. The van der Waals surface area contributed by atoms with Crippen LogP contribution in [0.1, 0.15) is 26.7 Å². The number of hydrogen-bond acceptors (Lipinski definition) is 2. The summed E-state index contributed by atoms with van der Waals surface area (Å²) >= 11 is 5.67. The quantitative estimate of drug-likeness (QED) is 0.854. The molecule has 0 heterocycles. The predicted octanol–water partition coefficient (Wildman–Crippen LogP) is 4.22. The van der Waals surface area contributed by atoms with Crippen LogP contribution in [0.4, 0.5) is 10.1 Å². The molecular weight excluding hydrogens is 239 g/mol. The Balaban J connectivity index is 2.58. The van der Waals surface area contributed by atoms with Gasteiger partial charge in [0.2, 0.25) is 0 Å². The zero-order chi connectivity index (χ0) is 12.9. The van der Waals surface area contributed by atoms with Crippen molar-refractivity contribution in [1.82, 2.24) is 0 Å². The number of benzene rings is 1. The topological polar surface area (TPSA) is 35.8 Å². The molecule has 0 radical (unpaired) electrons. The van der Waals surface area contributed by atoms with Gasteiger partial charge in [0.1, 0.15) is 5.82 Å². The van der Waals surface area contributed by atoms with Gasteiger partial charge in [0.05, 0.1) is 11.8 Å². The maximum atomic E-state index is 13.5. The summed E-state index contributed by atoms with van der Waals surface area (Å²) in [5, 5.41) is 12.0. The van der Waals surface area contributed by atoms with Gasteiger partial charge in [-0.2, -0.15) is 5.26 Å². The number of nitrogens with zero attached hydrogens (tertiary/aromatic N) is 1. The molecule has 0 spiro atoms. The Morgan fingerprint density at radius 3 is 2.76 bits per heavy atom. The Kier molecular flexibility index (Phi) is 4.77. The molecule has 0 aliphatic rings. The lowest BCUT2D eigenvalue weighted by Gasteiger charge is -2.24. The highest BCUT2D eigenvalue weighted by molar-refractivity contribution is 6.30. The van der Waals surface area contributed by atoms with E-state index in [1.165, 1.54) is 6.07 Å². The summed E-state index contributed by atoms with van der Waals surface area (Å²) in [4.78, 5) is 0. The van der Waals surface area contributed by atoms with Gasteiger partial charge in [-0.05, 0) is 30.0 Å². The second-order valence-corrected chi connectivity index (χ2v) is 5.24. The van der Waals surface area contributed by atoms with E-state index in [2.05, 4.69) is 11.4 Å². The van der Waals surface area contributed by atoms with Crippen LogP contribution in [0.2, 0.25) is 5.02 Å². The van der Waals surface area contributed by atoms with E-state index in [1.54, 1.807) is 12.1 Å². The molecule has 1 aromatic carbocycles. The first-order chi connectivity index (χ1) is 7.94. The van der Waals surface area contributed by atoms with Crippen molar-refractivity contribution in [3.8, 4) is 6.07 Å². The predicted molar refractivity (Wildman–Crippen MR) is 68.5 cm³/mol. The molecule has 0 atom stereocenters. The number of halogens is 2. The molecule has 0 aromatic heterocycles. The van der Waals surface area contributed by atoms with E-state index < -0.39 is 0 Å². The molecule has 17 heavy (non-hydrogen) atoms. The fourth-order valence-electron chi connectivity index (χ4n) is 1.45. The average molecular weight is 255 g/mol. The maximum absolute atomic E-state index is 13.5. The van der Waals surface area contributed by atoms with Crippen LogP contribution in [0.25, 0.3) is 0 Å². The number of hydrogen-bond donors (Lipinski definition) is 1. The van der Waals surface area contributed by atoms with Gasteiger partial charge >= 0.3 is 0 Å². The molecule has 0 saturated carbocycles. The molecule has 0 bridgehead atoms. The highest BCUT2D eigenvalue weighted by Crippen LogP contribution is 2.24. The summed E-state index contributed by atoms with van der Waals surface area (Å²) < 4.78 is 13.5. The molecule has 0 aliphatic heterocycles. The van der Waals surface area contributed by atoms with E-state index in [-0.39, 0.29) is 11.2 Å². The van der Waals surface area contributed by atoms with E-state index >= 15 is 0 Å². The lowest BCUT2D eigenvalue weighted by Crippen LogP contribution is -2.23. The normalized spacial score (nSPS) is 11.0. The lowest BCUT2D eigenvalue weighted by molar-refractivity contribution is 0.363. The molecule has 0 amide bonds. The third-order valence-corrected chi connectivity index (χ3v) is 2.84. The van der Waals surface area contributed by atoms with E-state index in [0.29, 0.717) is 23.7 Å². The summed E-state index contributed by atoms with van der Waals surface area (Å²) in [5.41, 5.74) is 0.404. The van der Waals surface area contributed by atoms with Crippen LogP contribution in [-0.4, -0.2) is 6.54 Å². The Bertz CT molecular complexity index is 424. The molecule has 92 valence electrons. The molecule has 1 rings (SSSR count). The standard InChI is InChI=1S/C13H16ClFN2/c1-13(2,6-3-7-16)9-17-12-5-4-10(14)8-11(12)15/h4-5,8,17H,3,6,9H2,1-2H3. The molecule has 2 nitrogen and oxygen atoms in total. The number of nitrogens with one attached hydrogen (secondary N) is 1. The third-order valence-electron chi connectivity index (χ3n) is 2.60. The summed E-state index contributed by atoms with van der Waals surface area (Å²) in [6.07, 6.45) is 1.30. The van der Waals surface area contributed by atoms with Gasteiger partial charge in [-0.1, -0.05) is 25.4 Å². The van der Waals surface area contributed by atoms with Gasteiger partial charge < -0.3 is 5.32 Å². The van der Waals surface area contributed by atoms with Crippen LogP contribution in [0.3, 0.4) is 0 Å². The molecule has 0 saturated heterocycles. The molecule has 0 unspecified atom stereocenters. The maximum Gasteiger partial charge on any atom is 0.147 e. The number of anilines is 1. The Morgan fingerprint density at radius 2 is 2.18 bits per heavy atom. The first-order valence-electron chi connectivity index (χ1n) is 5.50. The Hall–Kier alpha value is -1.27. The van der Waals surface area contributed by atoms with Crippen LogP contribution in [0.5, 0.6) is 0 Å². The summed E-state index contributed by atoms with van der Waals surface area (Å²) in [6.45, 7) is 4.71. The number of nitriles is 1. The Labute approximate surface area is 106 Å². The fraction of sp³-hybridized carbons (Fsp3) is 0.462. The first-order valence-corrected chi connectivity index (χ1v) is 5.88. The molecular formula is C13H16ClFN2. The second kappa shape index (κ2) is 5.88. The smallest absolute Gasteiger partial charge is 0.147 e. The first kappa shape index (κ1) is 13.8. The van der Waals surface area contributed by atoms with Crippen molar-refractivity contribution in [2.45, 2.75) is 26.7 Å². The Morgan fingerprint density at radius 1 is 1.47 bits per heavy atom. The van der Waals surface area contributed by atoms with Crippen molar-refractivity contribution < 1.29 is 4.39 Å². The minimum atomic E-state index is -0.353. The van der Waals surface area contributed by atoms with Gasteiger partial charge in [0.25, 0.3) is 0 Å². The zero-order valence-corrected chi connectivity index (χ0v) is 10.8. The van der Waals surface area contributed by atoms with Gasteiger partial charge in [0.15, 0.2) is 0 Å². The van der Waals surface area contributed by atoms with Crippen LogP contribution >= 0.6 is 11.6 Å². The van der Waals surface area contributed by atoms with Gasteiger partial charge in [-0.15, -0.1) is 0 Å². The van der Waals surface area contributed by atoms with Gasteiger partial charge in [-0.3, -0.25) is 0 Å². The van der Waals surface area contributed by atoms with Gasteiger partial charge in [-0.25, -0.2) is 4.39 Å². The van der Waals surface area contributed by atoms with E-state index in [4.69, 9.17) is 16.9 Å². The van der Waals surface area contributed by atoms with Crippen molar-refractivity contribution >= 4 is 17.3 Å². The average Bonchev–Trinajstić information content (AvgIpc) is 2.25. The molecule has 4 heteroatoms. The van der Waals surface area contributed by atoms with Crippen molar-refractivity contribution in [2.24, 2.45) is 5.41 Å². The summed E-state index contributed by atoms with van der Waals surface area (Å²) in [6, 6.07) is 6.68. The van der Waals surface area contributed by atoms with Crippen LogP contribution < -0.4 is 5.32 Å². The zero-order valence-electron chi connectivity index (χ0n) is 10.1. The SMILES string of the molecule is CC(C)(CCC#N)CNc1ccc(Cl)cc1F. The van der Waals surface area contributed by atoms with Crippen LogP contribution in [-0.2, 0) is 0 Å². The summed E-state index contributed by atoms with van der Waals surface area (Å²) in [7, 11) is 0. The second-order valence-electron chi connectivity index (χ2n) is 4.80. The molecule has 1 aromatic rings. The van der Waals surface area contributed by atoms with Crippen molar-refractivity contribution in [1.29, 1.82) is 5.26 Å². The van der Waals surface area contributed by atoms with E-state index in [1.807, 2.05) is 13.8 Å². The monoisotopic (exact) mass is 254 g/mol. The number of rotatable bonds is 5. The highest BCUT2D eigenvalue weighted by atomic mass is 35.5. The van der Waals surface area contributed by atoms with Crippen LogP contribution in [0, 0.1) is 22.6 Å². The van der Waals surface area contributed by atoms with Crippen molar-refractivity contribution in [3.63, 3.8) is 0 Å². The van der Waals surface area contributed by atoms with E-state index in [0.717, 1.165) is 6.42 Å². The molecule has 0 aliphatic carbocycles. The third kappa shape index (κ3) is 4.62. The van der Waals surface area contributed by atoms with Crippen LogP contribution in [0.15, 0.2) is 18.2 Å². The van der Waals surface area contributed by atoms with E-state index in [9.17, 15) is 4.39 Å². The summed E-state index contributed by atoms with van der Waals surface area (Å²) in [5.74, 6) is -0.353. The van der Waals surface area contributed by atoms with Crippen molar-refractivity contribution in [2.75, 3.05) is 11.9 Å². The largest absolute Gasteiger partial charge is 0.382 e. The fourth-order valence-corrected chi connectivity index (χ4v) is 1.61. The lowest BCUT2D eigenvalue weighted by atomic mass is 9.88. The molecule has 1 N–H and O–H groups in total. The minimum absolute atomic E-state index is 0.0399. The molecule has 0 fully saturated rings. The minimum Gasteiger partial charge on any atom is -0.382 e. The van der Waals surface area contributed by atoms with Gasteiger partial charge in [0, 0.05) is 18.0 Å². The van der Waals surface area contributed by atoms with Crippen molar-refractivity contribution in [3.05, 3.63) is 29.0 Å².